The average Bonchev–Trinajstić information content (AvgIpc) is 2.61. The molecular formula is C19H27ClO5. The normalized spacial score (nSPS) is 10.3. The van der Waals surface area contributed by atoms with E-state index in [-0.39, 0.29) is 32.0 Å². The van der Waals surface area contributed by atoms with Crippen molar-refractivity contribution in [2.24, 2.45) is 0 Å². The first-order valence-corrected chi connectivity index (χ1v) is 9.20. The third-order valence-corrected chi connectivity index (χ3v) is 3.80. The van der Waals surface area contributed by atoms with Crippen LogP contribution in [0, 0.1) is 0 Å². The van der Waals surface area contributed by atoms with Crippen molar-refractivity contribution in [1.82, 2.24) is 0 Å². The average molecular weight is 371 g/mol. The molecule has 0 heterocycles. The van der Waals surface area contributed by atoms with E-state index in [9.17, 15) is 9.59 Å². The summed E-state index contributed by atoms with van der Waals surface area (Å²) in [6.45, 7) is 2.89. The van der Waals surface area contributed by atoms with Crippen molar-refractivity contribution in [2.75, 3.05) is 19.8 Å². The first-order valence-electron chi connectivity index (χ1n) is 8.82. The highest BCUT2D eigenvalue weighted by molar-refractivity contribution is 6.32. The molecule has 25 heavy (non-hydrogen) atoms. The van der Waals surface area contributed by atoms with Gasteiger partial charge in [0.2, 0.25) is 0 Å². The van der Waals surface area contributed by atoms with Gasteiger partial charge in [-0.3, -0.25) is 9.59 Å². The Morgan fingerprint density at radius 1 is 0.880 bits per heavy atom. The quantitative estimate of drug-likeness (QED) is 0.376. The molecule has 0 radical (unpaired) electrons. The van der Waals surface area contributed by atoms with E-state index in [1.54, 1.807) is 18.2 Å². The van der Waals surface area contributed by atoms with E-state index in [2.05, 4.69) is 6.92 Å². The number of para-hydroxylation sites is 1. The van der Waals surface area contributed by atoms with Crippen LogP contribution >= 0.6 is 11.6 Å². The minimum absolute atomic E-state index is 0.0146. The Hall–Kier alpha value is -1.75. The second-order valence-electron chi connectivity index (χ2n) is 5.63. The maximum Gasteiger partial charge on any atom is 0.306 e. The number of carbonyl (C=O) groups is 2. The molecule has 6 heteroatoms. The lowest BCUT2D eigenvalue weighted by Gasteiger charge is -2.08. The minimum Gasteiger partial charge on any atom is -0.488 e. The molecule has 0 amide bonds. The van der Waals surface area contributed by atoms with Crippen LogP contribution in [0.1, 0.15) is 51.9 Å². The molecule has 0 aliphatic heterocycles. The predicted octanol–water partition coefficient (Wildman–Crippen LogP) is 4.56. The van der Waals surface area contributed by atoms with Gasteiger partial charge in [0.05, 0.1) is 24.5 Å². The molecular weight excluding hydrogens is 344 g/mol. The fourth-order valence-corrected chi connectivity index (χ4v) is 2.30. The van der Waals surface area contributed by atoms with Crippen molar-refractivity contribution in [2.45, 2.75) is 51.9 Å². The molecule has 0 aliphatic rings. The fourth-order valence-electron chi connectivity index (χ4n) is 2.11. The van der Waals surface area contributed by atoms with Gasteiger partial charge < -0.3 is 14.2 Å². The van der Waals surface area contributed by atoms with Crippen molar-refractivity contribution in [3.8, 4) is 5.75 Å². The Labute approximate surface area is 154 Å². The number of unbranched alkanes of at least 4 members (excludes halogenated alkanes) is 4. The molecule has 0 aliphatic carbocycles. The molecule has 0 N–H and O–H groups in total. The van der Waals surface area contributed by atoms with Crippen LogP contribution in [0.5, 0.6) is 5.75 Å². The predicted molar refractivity (Wildman–Crippen MR) is 96.9 cm³/mol. The van der Waals surface area contributed by atoms with Crippen LogP contribution < -0.4 is 4.74 Å². The summed E-state index contributed by atoms with van der Waals surface area (Å²) in [6, 6.07) is 7.07. The summed E-state index contributed by atoms with van der Waals surface area (Å²) in [6.07, 6.45) is 5.55. The SMILES string of the molecule is CCCCCCCOC(=O)CCC(=O)OCCOc1ccccc1Cl. The van der Waals surface area contributed by atoms with Gasteiger partial charge in [-0.2, -0.15) is 0 Å². The molecule has 0 saturated carbocycles. The smallest absolute Gasteiger partial charge is 0.306 e. The fraction of sp³-hybridized carbons (Fsp3) is 0.579. The van der Waals surface area contributed by atoms with Gasteiger partial charge in [0.1, 0.15) is 19.0 Å². The second-order valence-corrected chi connectivity index (χ2v) is 6.04. The van der Waals surface area contributed by atoms with Crippen LogP contribution in [0.4, 0.5) is 0 Å². The van der Waals surface area contributed by atoms with Gasteiger partial charge in [-0.05, 0) is 18.6 Å². The summed E-state index contributed by atoms with van der Waals surface area (Å²) in [5, 5.41) is 0.506. The van der Waals surface area contributed by atoms with E-state index < -0.39 is 5.97 Å². The summed E-state index contributed by atoms with van der Waals surface area (Å²) in [7, 11) is 0. The summed E-state index contributed by atoms with van der Waals surface area (Å²) in [4.78, 5) is 23.1. The molecule has 1 aromatic carbocycles. The number of hydrogen-bond acceptors (Lipinski definition) is 5. The Morgan fingerprint density at radius 3 is 2.20 bits per heavy atom. The van der Waals surface area contributed by atoms with Crippen LogP contribution in [-0.4, -0.2) is 31.8 Å². The van der Waals surface area contributed by atoms with Crippen molar-refractivity contribution < 1.29 is 23.8 Å². The maximum atomic E-state index is 11.6. The molecule has 1 rings (SSSR count). The lowest BCUT2D eigenvalue weighted by Crippen LogP contribution is -2.14. The summed E-state index contributed by atoms with van der Waals surface area (Å²) in [5.74, 6) is -0.259. The topological polar surface area (TPSA) is 61.8 Å². The van der Waals surface area contributed by atoms with Crippen molar-refractivity contribution in [1.29, 1.82) is 0 Å². The summed E-state index contributed by atoms with van der Waals surface area (Å²) < 4.78 is 15.5. The number of esters is 2. The van der Waals surface area contributed by atoms with Crippen LogP contribution in [0.15, 0.2) is 24.3 Å². The molecule has 140 valence electrons. The minimum atomic E-state index is -0.442. The highest BCUT2D eigenvalue weighted by Gasteiger charge is 2.09. The molecule has 0 bridgehead atoms. The number of carbonyl (C=O) groups excluding carboxylic acids is 2. The number of benzene rings is 1. The number of rotatable bonds is 13. The Morgan fingerprint density at radius 2 is 1.52 bits per heavy atom. The van der Waals surface area contributed by atoms with Gasteiger partial charge in [0, 0.05) is 0 Å². The third-order valence-electron chi connectivity index (χ3n) is 3.48. The highest BCUT2D eigenvalue weighted by atomic mass is 35.5. The van der Waals surface area contributed by atoms with E-state index >= 15 is 0 Å². The van der Waals surface area contributed by atoms with Gasteiger partial charge >= 0.3 is 11.9 Å². The maximum absolute atomic E-state index is 11.6. The Balaban J connectivity index is 2.01. The van der Waals surface area contributed by atoms with E-state index in [0.717, 1.165) is 19.3 Å². The van der Waals surface area contributed by atoms with Gasteiger partial charge in [0.15, 0.2) is 0 Å². The summed E-state index contributed by atoms with van der Waals surface area (Å²) >= 11 is 5.94. The van der Waals surface area contributed by atoms with E-state index in [1.165, 1.54) is 12.8 Å². The van der Waals surface area contributed by atoms with Gasteiger partial charge in [-0.25, -0.2) is 0 Å². The molecule has 5 nitrogen and oxygen atoms in total. The molecule has 0 spiro atoms. The van der Waals surface area contributed by atoms with Crippen LogP contribution in [-0.2, 0) is 19.1 Å². The van der Waals surface area contributed by atoms with Gasteiger partial charge in [-0.15, -0.1) is 0 Å². The molecule has 0 unspecified atom stereocenters. The van der Waals surface area contributed by atoms with Gasteiger partial charge in [-0.1, -0.05) is 56.3 Å². The molecule has 1 aromatic rings. The highest BCUT2D eigenvalue weighted by Crippen LogP contribution is 2.22. The third kappa shape index (κ3) is 10.7. The van der Waals surface area contributed by atoms with Gasteiger partial charge in [0.25, 0.3) is 0 Å². The first kappa shape index (κ1) is 21.3. The number of ether oxygens (including phenoxy) is 3. The molecule has 0 atom stereocenters. The summed E-state index contributed by atoms with van der Waals surface area (Å²) in [5.41, 5.74) is 0. The first-order chi connectivity index (χ1) is 12.1. The van der Waals surface area contributed by atoms with Crippen LogP contribution in [0.25, 0.3) is 0 Å². The Bertz CT molecular complexity index is 518. The zero-order valence-electron chi connectivity index (χ0n) is 14.8. The number of hydrogen-bond donors (Lipinski definition) is 0. The second kappa shape index (κ2) is 13.5. The monoisotopic (exact) mass is 370 g/mol. The number of halogens is 1. The van der Waals surface area contributed by atoms with Crippen LogP contribution in [0.3, 0.4) is 0 Å². The molecule has 0 saturated heterocycles. The largest absolute Gasteiger partial charge is 0.488 e. The van der Waals surface area contributed by atoms with Crippen molar-refractivity contribution in [3.63, 3.8) is 0 Å². The Kier molecular flexibility index (Phi) is 11.5. The van der Waals surface area contributed by atoms with E-state index in [0.29, 0.717) is 17.4 Å². The van der Waals surface area contributed by atoms with Crippen molar-refractivity contribution >= 4 is 23.5 Å². The lowest BCUT2D eigenvalue weighted by atomic mass is 10.2. The zero-order valence-corrected chi connectivity index (χ0v) is 15.6. The molecule has 0 fully saturated rings. The van der Waals surface area contributed by atoms with E-state index in [1.807, 2.05) is 6.07 Å². The standard InChI is InChI=1S/C19H27ClO5/c1-2-3-4-5-8-13-24-18(21)11-12-19(22)25-15-14-23-17-10-7-6-9-16(17)20/h6-7,9-10H,2-5,8,11-15H2,1H3. The van der Waals surface area contributed by atoms with Crippen LogP contribution in [0.2, 0.25) is 5.02 Å². The van der Waals surface area contributed by atoms with E-state index in [4.69, 9.17) is 25.8 Å². The lowest BCUT2D eigenvalue weighted by molar-refractivity contribution is -0.150. The van der Waals surface area contributed by atoms with Crippen molar-refractivity contribution in [3.05, 3.63) is 29.3 Å². The molecule has 0 aromatic heterocycles. The zero-order chi connectivity index (χ0) is 18.3.